The Morgan fingerprint density at radius 3 is 1.51 bits per heavy atom. The van der Waals surface area contributed by atoms with Crippen molar-refractivity contribution < 1.29 is 22.8 Å². The van der Waals surface area contributed by atoms with Crippen LogP contribution in [-0.4, -0.2) is 119 Å². The lowest BCUT2D eigenvalue weighted by Crippen LogP contribution is -2.53. The molecule has 19 heteroatoms. The van der Waals surface area contributed by atoms with Crippen LogP contribution >= 0.6 is 11.6 Å². The number of fused-ring (bicyclic) bond motifs is 3. The van der Waals surface area contributed by atoms with Crippen LogP contribution in [0, 0.1) is 45.8 Å². The molecule has 4 aromatic heterocycles. The summed E-state index contributed by atoms with van der Waals surface area (Å²) in [5.41, 5.74) is 7.84. The third-order valence-corrected chi connectivity index (χ3v) is 22.2. The molecule has 10 heterocycles. The van der Waals surface area contributed by atoms with E-state index in [9.17, 15) is 22.8 Å². The van der Waals surface area contributed by atoms with E-state index in [0.717, 1.165) is 176 Å². The number of pyridine rings is 1. The summed E-state index contributed by atoms with van der Waals surface area (Å²) in [5.74, 6) is 1.74. The Morgan fingerprint density at radius 1 is 0.527 bits per heavy atom. The topological polar surface area (TPSA) is 219 Å². The van der Waals surface area contributed by atoms with Crippen LogP contribution in [0.1, 0.15) is 110 Å². The molecule has 480 valence electrons. The first kappa shape index (κ1) is 64.3. The maximum Gasteiger partial charge on any atom is 0.268 e. The van der Waals surface area contributed by atoms with Crippen molar-refractivity contribution in [3.05, 3.63) is 197 Å². The Morgan fingerprint density at radius 2 is 1.00 bits per heavy atom. The molecule has 6 aliphatic heterocycles. The molecule has 15 rings (SSSR count). The average Bonchev–Trinajstić information content (AvgIpc) is 1.72. The number of rotatable bonds is 9. The Hall–Kier alpha value is -8.78. The fourth-order valence-electron chi connectivity index (χ4n) is 15.0. The van der Waals surface area contributed by atoms with Crippen molar-refractivity contribution in [1.82, 2.24) is 44.3 Å². The van der Waals surface area contributed by atoms with Gasteiger partial charge in [-0.25, -0.2) is 17.4 Å². The number of hydrogen-bond donors (Lipinski definition) is 4. The van der Waals surface area contributed by atoms with Gasteiger partial charge in [0, 0.05) is 109 Å². The maximum absolute atomic E-state index is 13.5. The highest BCUT2D eigenvalue weighted by molar-refractivity contribution is 7.90. The van der Waals surface area contributed by atoms with E-state index in [2.05, 4.69) is 82.9 Å². The fraction of sp³-hybridized carbons (Fsp3) is 0.378. The molecule has 9 aromatic rings. The van der Waals surface area contributed by atoms with Crippen molar-refractivity contribution in [1.29, 1.82) is 10.5 Å². The summed E-state index contributed by atoms with van der Waals surface area (Å²) < 4.78 is 28.3. The molecular formula is C74H81ClN12O5S. The number of piperidine rings is 6. The highest BCUT2D eigenvalue weighted by Gasteiger charge is 2.47. The number of nitriles is 2. The maximum atomic E-state index is 13.5. The van der Waals surface area contributed by atoms with E-state index in [0.29, 0.717) is 46.6 Å². The Balaban J connectivity index is 0.000000127. The molecule has 0 bridgehead atoms. The molecule has 3 amide bonds. The quantitative estimate of drug-likeness (QED) is 0.106. The second kappa shape index (κ2) is 28.2. The number of aromatic amines is 2. The number of benzene rings is 5. The Kier molecular flexibility index (Phi) is 19.5. The number of anilines is 1. The first-order valence-corrected chi connectivity index (χ1v) is 34.6. The van der Waals surface area contributed by atoms with Crippen molar-refractivity contribution in [2.24, 2.45) is 16.2 Å². The number of aromatic nitrogens is 4. The van der Waals surface area contributed by atoms with Gasteiger partial charge in [-0.15, -0.1) is 0 Å². The van der Waals surface area contributed by atoms with Crippen LogP contribution in [0.3, 0.4) is 0 Å². The SMILES string of the molecule is Cc1ccc(S(=O)(=O)n2cc(CN3CCCC4(CCNCC4)C3=O)c3ccccc32)cc1.N#Cc1cccc(Cl)c1.N#Cc1ccnc(N2CCC3(CCCN(Cc4c[nH]c5ccccc45)C3=O)CC2)c1.O=C1N(Cc2c[nH]c3ccccc23)CCCC12CCNCC2. The van der Waals surface area contributed by atoms with E-state index < -0.39 is 10.0 Å². The average molecular weight is 1290 g/mol. The van der Waals surface area contributed by atoms with Gasteiger partial charge in [0.1, 0.15) is 5.82 Å². The summed E-state index contributed by atoms with van der Waals surface area (Å²) in [6.07, 6.45) is 19.1. The van der Waals surface area contributed by atoms with Gasteiger partial charge in [-0.3, -0.25) is 14.4 Å². The number of halogens is 1. The Bertz CT molecular complexity index is 4340. The highest BCUT2D eigenvalue weighted by atomic mass is 35.5. The number of aryl methyl sites for hydroxylation is 1. The second-order valence-electron chi connectivity index (χ2n) is 26.0. The first-order chi connectivity index (χ1) is 45.2. The van der Waals surface area contributed by atoms with Crippen LogP contribution in [0.2, 0.25) is 5.02 Å². The normalized spacial score (nSPS) is 18.5. The molecule has 93 heavy (non-hydrogen) atoms. The summed E-state index contributed by atoms with van der Waals surface area (Å²) in [6, 6.07) is 45.6. The lowest BCUT2D eigenvalue weighted by Gasteiger charge is -2.46. The first-order valence-electron chi connectivity index (χ1n) is 32.8. The monoisotopic (exact) mass is 1280 g/mol. The molecule has 4 N–H and O–H groups in total. The van der Waals surface area contributed by atoms with Crippen LogP contribution in [0.5, 0.6) is 0 Å². The number of H-pyrrole nitrogens is 2. The zero-order valence-corrected chi connectivity index (χ0v) is 54.5. The van der Waals surface area contributed by atoms with Gasteiger partial charge in [0.2, 0.25) is 17.7 Å². The predicted octanol–water partition coefficient (Wildman–Crippen LogP) is 12.4. The van der Waals surface area contributed by atoms with Crippen LogP contribution in [0.4, 0.5) is 5.82 Å². The number of para-hydroxylation sites is 3. The largest absolute Gasteiger partial charge is 0.361 e. The minimum Gasteiger partial charge on any atom is -0.361 e. The number of carbonyl (C=O) groups excluding carboxylic acids is 3. The van der Waals surface area contributed by atoms with Crippen LogP contribution < -0.4 is 15.5 Å². The smallest absolute Gasteiger partial charge is 0.268 e. The lowest BCUT2D eigenvalue weighted by atomic mass is 9.71. The lowest BCUT2D eigenvalue weighted by molar-refractivity contribution is -0.149. The van der Waals surface area contributed by atoms with Crippen molar-refractivity contribution in [2.45, 2.75) is 109 Å². The fourth-order valence-corrected chi connectivity index (χ4v) is 16.6. The summed E-state index contributed by atoms with van der Waals surface area (Å²) in [4.78, 5) is 59.7. The standard InChI is InChI=1S/C25H29N3O3S.C24H25N5O.C18H23N3O.C7H4ClN/c1-19-7-9-21(10-8-19)32(30,31)28-18-20(22-5-2-3-6-23(22)28)17-27-16-4-11-25(24(27)29)12-14-26-15-13-25;25-15-18-6-10-26-22(14-18)28-12-8-24(9-13-28)7-3-11-29(23(24)30)17-19-16-27-21-5-2-1-4-20(19)21;22-17-18(7-9-19-10-8-18)6-3-11-21(17)13-14-12-20-16-5-2-1-4-15(14)16;8-7-3-1-2-6(4-7)5-9/h2-3,5-10,18,26H,4,11-17H2,1H3;1-2,4-6,10,14,16,27H,3,7-9,11-13,17H2;1-2,4-5,12,19-20H,3,6-11,13H2;1-4H. The van der Waals surface area contributed by atoms with Crippen LogP contribution in [0.25, 0.3) is 32.7 Å². The number of hydrogen-bond acceptors (Lipinski definition) is 11. The molecule has 6 saturated heterocycles. The molecule has 6 aliphatic rings. The summed E-state index contributed by atoms with van der Waals surface area (Å²) in [6.45, 7) is 11.5. The van der Waals surface area contributed by atoms with Crippen molar-refractivity contribution in [3.63, 3.8) is 0 Å². The summed E-state index contributed by atoms with van der Waals surface area (Å²) >= 11 is 5.57. The van der Waals surface area contributed by atoms with Crippen LogP contribution in [0.15, 0.2) is 163 Å². The zero-order chi connectivity index (χ0) is 64.6. The molecule has 17 nitrogen and oxygen atoms in total. The van der Waals surface area contributed by atoms with Crippen molar-refractivity contribution in [3.8, 4) is 12.1 Å². The van der Waals surface area contributed by atoms with Gasteiger partial charge in [0.05, 0.1) is 49.9 Å². The van der Waals surface area contributed by atoms with Gasteiger partial charge < -0.3 is 40.2 Å². The third-order valence-electron chi connectivity index (χ3n) is 20.2. The molecule has 0 aliphatic carbocycles. The van der Waals surface area contributed by atoms with Gasteiger partial charge in [0.25, 0.3) is 10.0 Å². The number of amides is 3. The van der Waals surface area contributed by atoms with Gasteiger partial charge in [0.15, 0.2) is 0 Å². The Labute approximate surface area is 549 Å². The van der Waals surface area contributed by atoms with Gasteiger partial charge in [-0.2, -0.15) is 10.5 Å². The van der Waals surface area contributed by atoms with Gasteiger partial charge in [-0.05, 0) is 188 Å². The van der Waals surface area contributed by atoms with Crippen molar-refractivity contribution in [2.75, 3.05) is 63.8 Å². The predicted molar refractivity (Wildman–Crippen MR) is 364 cm³/mol. The van der Waals surface area contributed by atoms with Gasteiger partial charge >= 0.3 is 0 Å². The summed E-state index contributed by atoms with van der Waals surface area (Å²) in [5, 5.41) is 28.2. The second-order valence-corrected chi connectivity index (χ2v) is 28.2. The molecule has 5 aromatic carbocycles. The van der Waals surface area contributed by atoms with Gasteiger partial charge in [-0.1, -0.05) is 90.0 Å². The number of nitrogens with one attached hydrogen (secondary N) is 4. The van der Waals surface area contributed by atoms with Crippen LogP contribution in [-0.2, 0) is 44.0 Å². The minimum atomic E-state index is -3.74. The number of carbonyl (C=O) groups is 3. The molecule has 0 radical (unpaired) electrons. The summed E-state index contributed by atoms with van der Waals surface area (Å²) in [7, 11) is -3.74. The van der Waals surface area contributed by atoms with E-state index in [1.165, 1.54) is 25.9 Å². The third kappa shape index (κ3) is 13.8. The van der Waals surface area contributed by atoms with E-state index in [4.69, 9.17) is 22.1 Å². The molecule has 0 atom stereocenters. The van der Waals surface area contributed by atoms with E-state index in [1.807, 2.05) is 84.8 Å². The minimum absolute atomic E-state index is 0.0877. The number of likely N-dealkylation sites (tertiary alicyclic amines) is 3. The molecule has 6 fully saturated rings. The molecule has 0 saturated carbocycles. The number of nitrogens with zero attached hydrogens (tertiary/aromatic N) is 8. The van der Waals surface area contributed by atoms with E-state index in [-0.39, 0.29) is 27.0 Å². The molecule has 3 spiro atoms. The molecule has 0 unspecified atom stereocenters. The highest BCUT2D eigenvalue weighted by Crippen LogP contribution is 2.44. The molecular weight excluding hydrogens is 1200 g/mol. The van der Waals surface area contributed by atoms with E-state index >= 15 is 0 Å². The van der Waals surface area contributed by atoms with Crippen molar-refractivity contribution >= 4 is 77.9 Å². The zero-order valence-electron chi connectivity index (χ0n) is 52.9. The van der Waals surface area contributed by atoms with E-state index in [1.54, 1.807) is 54.9 Å².